The molecule has 2 atom stereocenters. The Bertz CT molecular complexity index is 360. The van der Waals surface area contributed by atoms with Crippen molar-refractivity contribution in [1.82, 2.24) is 4.98 Å². The molecule has 2 rings (SSSR count). The van der Waals surface area contributed by atoms with Crippen molar-refractivity contribution in [3.05, 3.63) is 30.1 Å². The minimum absolute atomic E-state index is 0.300. The van der Waals surface area contributed by atoms with Crippen LogP contribution in [0.3, 0.4) is 0 Å². The molecule has 1 aromatic rings. The largest absolute Gasteiger partial charge is 0.299 e. The summed E-state index contributed by atoms with van der Waals surface area (Å²) in [6.45, 7) is 2.21. The van der Waals surface area contributed by atoms with Crippen molar-refractivity contribution in [3.8, 4) is 0 Å². The van der Waals surface area contributed by atoms with E-state index in [1.807, 2.05) is 18.3 Å². The quantitative estimate of drug-likeness (QED) is 0.794. The average Bonchev–Trinajstić information content (AvgIpc) is 2.40. The molecule has 0 bridgehead atoms. The van der Waals surface area contributed by atoms with E-state index in [-0.39, 0.29) is 0 Å². The highest BCUT2D eigenvalue weighted by molar-refractivity contribution is 5.83. The van der Waals surface area contributed by atoms with Gasteiger partial charge < -0.3 is 0 Å². The fraction of sp³-hybridized carbons (Fsp3) is 0.600. The molecule has 0 aliphatic heterocycles. The van der Waals surface area contributed by atoms with Crippen molar-refractivity contribution in [2.45, 2.75) is 45.4 Å². The van der Waals surface area contributed by atoms with Gasteiger partial charge in [0.15, 0.2) is 0 Å². The van der Waals surface area contributed by atoms with Crippen LogP contribution in [0, 0.1) is 11.8 Å². The van der Waals surface area contributed by atoms with Gasteiger partial charge in [-0.05, 0) is 30.4 Å². The zero-order valence-electron chi connectivity index (χ0n) is 10.6. The standard InChI is InChI=1S/C15H21NO/c1-2-13-7-3-4-8-14(13)15(17)10-12-6-5-9-16-11-12/h5-6,9,11,13-14H,2-4,7-8,10H2,1H3. The predicted octanol–water partition coefficient (Wildman–Crippen LogP) is 3.41. The average molecular weight is 231 g/mol. The Labute approximate surface area is 103 Å². The number of ketones is 1. The van der Waals surface area contributed by atoms with Gasteiger partial charge >= 0.3 is 0 Å². The third-order valence-corrected chi connectivity index (χ3v) is 3.95. The third-order valence-electron chi connectivity index (χ3n) is 3.95. The molecule has 0 aromatic carbocycles. The van der Waals surface area contributed by atoms with E-state index in [1.54, 1.807) is 6.20 Å². The molecule has 0 saturated heterocycles. The maximum atomic E-state index is 12.3. The van der Waals surface area contributed by atoms with Gasteiger partial charge in [0.2, 0.25) is 0 Å². The van der Waals surface area contributed by atoms with E-state index in [2.05, 4.69) is 11.9 Å². The number of pyridine rings is 1. The molecule has 1 heterocycles. The highest BCUT2D eigenvalue weighted by Crippen LogP contribution is 2.33. The Morgan fingerprint density at radius 2 is 2.24 bits per heavy atom. The van der Waals surface area contributed by atoms with Gasteiger partial charge in [-0.1, -0.05) is 32.3 Å². The summed E-state index contributed by atoms with van der Waals surface area (Å²) >= 11 is 0. The first-order chi connectivity index (χ1) is 8.31. The van der Waals surface area contributed by atoms with E-state index in [9.17, 15) is 4.79 Å². The monoisotopic (exact) mass is 231 g/mol. The van der Waals surface area contributed by atoms with Crippen LogP contribution in [0.4, 0.5) is 0 Å². The van der Waals surface area contributed by atoms with Crippen LogP contribution in [0.2, 0.25) is 0 Å². The van der Waals surface area contributed by atoms with E-state index in [0.29, 0.717) is 24.0 Å². The van der Waals surface area contributed by atoms with Crippen LogP contribution in [0.5, 0.6) is 0 Å². The molecule has 0 radical (unpaired) electrons. The van der Waals surface area contributed by atoms with E-state index >= 15 is 0 Å². The number of hydrogen-bond acceptors (Lipinski definition) is 2. The predicted molar refractivity (Wildman–Crippen MR) is 68.7 cm³/mol. The maximum Gasteiger partial charge on any atom is 0.140 e. The lowest BCUT2D eigenvalue weighted by molar-refractivity contribution is -0.125. The fourth-order valence-electron chi connectivity index (χ4n) is 2.96. The van der Waals surface area contributed by atoms with Crippen molar-refractivity contribution < 1.29 is 4.79 Å². The van der Waals surface area contributed by atoms with Crippen LogP contribution >= 0.6 is 0 Å². The van der Waals surface area contributed by atoms with Crippen LogP contribution < -0.4 is 0 Å². The van der Waals surface area contributed by atoms with Crippen molar-refractivity contribution in [2.24, 2.45) is 11.8 Å². The zero-order valence-corrected chi connectivity index (χ0v) is 10.6. The van der Waals surface area contributed by atoms with Gasteiger partial charge in [0.05, 0.1) is 0 Å². The first-order valence-corrected chi connectivity index (χ1v) is 6.73. The smallest absolute Gasteiger partial charge is 0.140 e. The summed E-state index contributed by atoms with van der Waals surface area (Å²) in [6.07, 6.45) is 10.1. The van der Waals surface area contributed by atoms with E-state index < -0.39 is 0 Å². The number of carbonyl (C=O) groups excluding carboxylic acids is 1. The lowest BCUT2D eigenvalue weighted by Crippen LogP contribution is -2.28. The molecular weight excluding hydrogens is 210 g/mol. The molecule has 2 nitrogen and oxygen atoms in total. The van der Waals surface area contributed by atoms with Gasteiger partial charge in [-0.2, -0.15) is 0 Å². The number of Topliss-reactive ketones (excluding diaryl/α,β-unsaturated/α-hetero) is 1. The first-order valence-electron chi connectivity index (χ1n) is 6.73. The molecule has 17 heavy (non-hydrogen) atoms. The number of nitrogens with zero attached hydrogens (tertiary/aromatic N) is 1. The van der Waals surface area contributed by atoms with Gasteiger partial charge in [-0.3, -0.25) is 9.78 Å². The molecule has 1 aliphatic carbocycles. The topological polar surface area (TPSA) is 30.0 Å². The Balaban J connectivity index is 1.99. The second-order valence-corrected chi connectivity index (χ2v) is 5.06. The summed E-state index contributed by atoms with van der Waals surface area (Å²) in [5, 5.41) is 0. The summed E-state index contributed by atoms with van der Waals surface area (Å²) in [5.74, 6) is 1.34. The second kappa shape index (κ2) is 5.95. The minimum atomic E-state index is 0.300. The third kappa shape index (κ3) is 3.15. The van der Waals surface area contributed by atoms with Gasteiger partial charge in [0.25, 0.3) is 0 Å². The lowest BCUT2D eigenvalue weighted by Gasteiger charge is -2.29. The maximum absolute atomic E-state index is 12.3. The Hall–Kier alpha value is -1.18. The summed E-state index contributed by atoms with van der Waals surface area (Å²) in [6, 6.07) is 3.90. The molecule has 0 N–H and O–H groups in total. The molecular formula is C15H21NO. The number of aromatic nitrogens is 1. The molecule has 1 aliphatic rings. The SMILES string of the molecule is CCC1CCCCC1C(=O)Cc1cccnc1. The van der Waals surface area contributed by atoms with Gasteiger partial charge in [-0.15, -0.1) is 0 Å². The molecule has 92 valence electrons. The van der Waals surface area contributed by atoms with Gasteiger partial charge in [0, 0.05) is 24.7 Å². The lowest BCUT2D eigenvalue weighted by atomic mass is 9.74. The van der Waals surface area contributed by atoms with E-state index in [0.717, 1.165) is 18.4 Å². The fourth-order valence-corrected chi connectivity index (χ4v) is 2.96. The number of carbonyl (C=O) groups is 1. The minimum Gasteiger partial charge on any atom is -0.299 e. The molecule has 2 heteroatoms. The number of hydrogen-bond donors (Lipinski definition) is 0. The Kier molecular flexibility index (Phi) is 4.29. The van der Waals surface area contributed by atoms with Gasteiger partial charge in [0.1, 0.15) is 5.78 Å². The summed E-state index contributed by atoms with van der Waals surface area (Å²) in [4.78, 5) is 16.4. The van der Waals surface area contributed by atoms with Crippen LogP contribution in [0.25, 0.3) is 0 Å². The Morgan fingerprint density at radius 1 is 1.41 bits per heavy atom. The van der Waals surface area contributed by atoms with Crippen LogP contribution in [-0.4, -0.2) is 10.8 Å². The molecule has 2 unspecified atom stereocenters. The summed E-state index contributed by atoms with van der Waals surface area (Å²) in [5.41, 5.74) is 1.05. The highest BCUT2D eigenvalue weighted by atomic mass is 16.1. The normalized spacial score (nSPS) is 24.5. The molecule has 1 aromatic heterocycles. The molecule has 0 spiro atoms. The Morgan fingerprint density at radius 3 is 2.94 bits per heavy atom. The van der Waals surface area contributed by atoms with Crippen molar-refractivity contribution >= 4 is 5.78 Å². The molecule has 1 fully saturated rings. The summed E-state index contributed by atoms with van der Waals surface area (Å²) < 4.78 is 0. The highest BCUT2D eigenvalue weighted by Gasteiger charge is 2.29. The summed E-state index contributed by atoms with van der Waals surface area (Å²) in [7, 11) is 0. The molecule has 0 amide bonds. The zero-order chi connectivity index (χ0) is 12.1. The van der Waals surface area contributed by atoms with Crippen molar-refractivity contribution in [2.75, 3.05) is 0 Å². The van der Waals surface area contributed by atoms with Crippen LogP contribution in [-0.2, 0) is 11.2 Å². The van der Waals surface area contributed by atoms with Crippen molar-refractivity contribution in [3.63, 3.8) is 0 Å². The van der Waals surface area contributed by atoms with E-state index in [4.69, 9.17) is 0 Å². The van der Waals surface area contributed by atoms with Crippen LogP contribution in [0.1, 0.15) is 44.6 Å². The van der Waals surface area contributed by atoms with Crippen LogP contribution in [0.15, 0.2) is 24.5 Å². The van der Waals surface area contributed by atoms with E-state index in [1.165, 1.54) is 19.3 Å². The van der Waals surface area contributed by atoms with Crippen molar-refractivity contribution in [1.29, 1.82) is 0 Å². The number of rotatable bonds is 4. The van der Waals surface area contributed by atoms with Gasteiger partial charge in [-0.25, -0.2) is 0 Å². The first kappa shape index (κ1) is 12.3. The second-order valence-electron chi connectivity index (χ2n) is 5.06. The molecule has 1 saturated carbocycles.